The molecular weight excluding hydrogens is 364 g/mol. The maximum absolute atomic E-state index is 12.3. The third-order valence-corrected chi connectivity index (χ3v) is 5.85. The number of halogens is 1. The third kappa shape index (κ3) is 5.17. The lowest BCUT2D eigenvalue weighted by atomic mass is 10.2. The van der Waals surface area contributed by atoms with E-state index in [4.69, 9.17) is 0 Å². The molecule has 0 saturated carbocycles. The van der Waals surface area contributed by atoms with Crippen LogP contribution in [0.25, 0.3) is 0 Å². The number of aromatic nitrogens is 2. The molecule has 0 bridgehead atoms. The number of nitrogens with zero attached hydrogens (tertiary/aromatic N) is 2. The van der Waals surface area contributed by atoms with Crippen LogP contribution in [0.1, 0.15) is 6.42 Å². The van der Waals surface area contributed by atoms with Crippen molar-refractivity contribution < 1.29 is 4.79 Å². The second-order valence-electron chi connectivity index (χ2n) is 5.40. The third-order valence-electron chi connectivity index (χ3n) is 3.57. The number of anilines is 1. The Hall–Kier alpha value is -1.15. The summed E-state index contributed by atoms with van der Waals surface area (Å²) in [4.78, 5) is 17.6. The van der Waals surface area contributed by atoms with Crippen molar-refractivity contribution in [1.82, 2.24) is 14.9 Å². The van der Waals surface area contributed by atoms with Gasteiger partial charge in [0, 0.05) is 54.8 Å². The Bertz CT molecular complexity index is 674. The van der Waals surface area contributed by atoms with Gasteiger partial charge in [-0.15, -0.1) is 12.4 Å². The van der Waals surface area contributed by atoms with Crippen molar-refractivity contribution in [2.24, 2.45) is 7.05 Å². The van der Waals surface area contributed by atoms with Crippen LogP contribution in [0.3, 0.4) is 0 Å². The standard InChI is InChI=1S/C16H20N4OS2.ClH/c1-20-8-6-18-16(20)23-14-5-3-2-4-13(14)19-15(21)10-12-11-22-9-7-17-12;/h2-6,8,12,17H,7,9-11H2,1H3,(H,19,21);1H. The van der Waals surface area contributed by atoms with Gasteiger partial charge >= 0.3 is 0 Å². The molecule has 8 heteroatoms. The van der Waals surface area contributed by atoms with Gasteiger partial charge < -0.3 is 15.2 Å². The Balaban J connectivity index is 0.00000208. The lowest BCUT2D eigenvalue weighted by Crippen LogP contribution is -2.39. The van der Waals surface area contributed by atoms with Gasteiger partial charge in [0.05, 0.1) is 5.69 Å². The smallest absolute Gasteiger partial charge is 0.226 e. The predicted molar refractivity (Wildman–Crippen MR) is 103 cm³/mol. The van der Waals surface area contributed by atoms with Crippen LogP contribution in [0.5, 0.6) is 0 Å². The highest BCUT2D eigenvalue weighted by Crippen LogP contribution is 2.32. The first-order valence-electron chi connectivity index (χ1n) is 7.57. The van der Waals surface area contributed by atoms with Crippen LogP contribution in [0.2, 0.25) is 0 Å². The Labute approximate surface area is 156 Å². The molecule has 0 aliphatic carbocycles. The van der Waals surface area contributed by atoms with Gasteiger partial charge in [-0.25, -0.2) is 4.98 Å². The van der Waals surface area contributed by atoms with E-state index in [2.05, 4.69) is 15.6 Å². The number of aryl methyl sites for hydroxylation is 1. The first-order valence-corrected chi connectivity index (χ1v) is 9.54. The highest BCUT2D eigenvalue weighted by atomic mass is 35.5. The molecule has 5 nitrogen and oxygen atoms in total. The zero-order valence-electron chi connectivity index (χ0n) is 13.4. The summed E-state index contributed by atoms with van der Waals surface area (Å²) < 4.78 is 1.96. The molecule has 1 aromatic carbocycles. The summed E-state index contributed by atoms with van der Waals surface area (Å²) in [5.74, 6) is 2.18. The highest BCUT2D eigenvalue weighted by molar-refractivity contribution is 7.99. The molecule has 1 unspecified atom stereocenters. The summed E-state index contributed by atoms with van der Waals surface area (Å²) in [6.07, 6.45) is 4.19. The molecule has 1 fully saturated rings. The predicted octanol–water partition coefficient (Wildman–Crippen LogP) is 3.03. The molecule has 3 rings (SSSR count). The van der Waals surface area contributed by atoms with Crippen molar-refractivity contribution in [3.05, 3.63) is 36.7 Å². The van der Waals surface area contributed by atoms with E-state index in [1.165, 1.54) is 0 Å². The van der Waals surface area contributed by atoms with Gasteiger partial charge in [0.1, 0.15) is 0 Å². The summed E-state index contributed by atoms with van der Waals surface area (Å²) in [5.41, 5.74) is 0.842. The molecule has 1 aliphatic heterocycles. The van der Waals surface area contributed by atoms with Gasteiger partial charge in [-0.2, -0.15) is 11.8 Å². The van der Waals surface area contributed by atoms with E-state index < -0.39 is 0 Å². The Morgan fingerprint density at radius 2 is 2.33 bits per heavy atom. The maximum Gasteiger partial charge on any atom is 0.226 e. The second kappa shape index (κ2) is 9.36. The number of amides is 1. The van der Waals surface area contributed by atoms with Crippen molar-refractivity contribution in [2.45, 2.75) is 22.5 Å². The minimum Gasteiger partial charge on any atom is -0.329 e. The minimum atomic E-state index is 0. The van der Waals surface area contributed by atoms with E-state index in [1.807, 2.05) is 53.8 Å². The van der Waals surface area contributed by atoms with Crippen LogP contribution in [-0.2, 0) is 11.8 Å². The molecule has 2 aromatic rings. The van der Waals surface area contributed by atoms with E-state index in [0.717, 1.165) is 33.8 Å². The van der Waals surface area contributed by atoms with E-state index >= 15 is 0 Å². The first-order chi connectivity index (χ1) is 11.2. The molecule has 130 valence electrons. The number of carbonyl (C=O) groups is 1. The van der Waals surface area contributed by atoms with Gasteiger partial charge in [-0.1, -0.05) is 12.1 Å². The fourth-order valence-corrected chi connectivity index (χ4v) is 4.22. The maximum atomic E-state index is 12.3. The number of imidazole rings is 1. The SMILES string of the molecule is Cl.Cn1ccnc1Sc1ccccc1NC(=O)CC1CSCCN1. The first kappa shape index (κ1) is 19.2. The summed E-state index contributed by atoms with van der Waals surface area (Å²) in [6.45, 7) is 0.980. The van der Waals surface area contributed by atoms with Gasteiger partial charge in [0.25, 0.3) is 0 Å². The van der Waals surface area contributed by atoms with E-state index in [1.54, 1.807) is 18.0 Å². The molecule has 0 spiro atoms. The molecular formula is C16H21ClN4OS2. The van der Waals surface area contributed by atoms with Crippen molar-refractivity contribution in [3.8, 4) is 0 Å². The van der Waals surface area contributed by atoms with Crippen LogP contribution in [0.15, 0.2) is 46.7 Å². The largest absolute Gasteiger partial charge is 0.329 e. The summed E-state index contributed by atoms with van der Waals surface area (Å²) in [6, 6.07) is 8.12. The lowest BCUT2D eigenvalue weighted by molar-refractivity contribution is -0.116. The van der Waals surface area contributed by atoms with Crippen LogP contribution < -0.4 is 10.6 Å². The molecule has 1 atom stereocenters. The molecule has 1 amide bonds. The van der Waals surface area contributed by atoms with Crippen LogP contribution in [0, 0.1) is 0 Å². The lowest BCUT2D eigenvalue weighted by Gasteiger charge is -2.22. The fourth-order valence-electron chi connectivity index (χ4n) is 2.38. The Kier molecular flexibility index (Phi) is 7.48. The van der Waals surface area contributed by atoms with Gasteiger partial charge in [0.2, 0.25) is 5.91 Å². The van der Waals surface area contributed by atoms with Gasteiger partial charge in [-0.05, 0) is 23.9 Å². The summed E-state index contributed by atoms with van der Waals surface area (Å²) in [7, 11) is 1.96. The van der Waals surface area contributed by atoms with Crippen LogP contribution >= 0.6 is 35.9 Å². The average molecular weight is 385 g/mol. The number of rotatable bonds is 5. The number of hydrogen-bond donors (Lipinski definition) is 2. The van der Waals surface area contributed by atoms with Gasteiger partial charge in [-0.3, -0.25) is 4.79 Å². The molecule has 24 heavy (non-hydrogen) atoms. The van der Waals surface area contributed by atoms with Crippen LogP contribution in [0.4, 0.5) is 5.69 Å². The van der Waals surface area contributed by atoms with E-state index in [0.29, 0.717) is 6.42 Å². The number of benzene rings is 1. The number of nitrogens with one attached hydrogen (secondary N) is 2. The van der Waals surface area contributed by atoms with Crippen molar-refractivity contribution >= 4 is 47.5 Å². The zero-order valence-corrected chi connectivity index (χ0v) is 15.8. The normalized spacial score (nSPS) is 17.1. The quantitative estimate of drug-likeness (QED) is 0.829. The molecule has 1 aromatic heterocycles. The van der Waals surface area contributed by atoms with Crippen molar-refractivity contribution in [1.29, 1.82) is 0 Å². The molecule has 2 heterocycles. The molecule has 2 N–H and O–H groups in total. The number of hydrogen-bond acceptors (Lipinski definition) is 5. The summed E-state index contributed by atoms with van der Waals surface area (Å²) >= 11 is 3.45. The Morgan fingerprint density at radius 3 is 3.04 bits per heavy atom. The van der Waals surface area contributed by atoms with Crippen molar-refractivity contribution in [3.63, 3.8) is 0 Å². The number of carbonyl (C=O) groups excluding carboxylic acids is 1. The number of para-hydroxylation sites is 1. The zero-order chi connectivity index (χ0) is 16.1. The van der Waals surface area contributed by atoms with Crippen LogP contribution in [-0.4, -0.2) is 39.6 Å². The monoisotopic (exact) mass is 384 g/mol. The second-order valence-corrected chi connectivity index (χ2v) is 7.56. The topological polar surface area (TPSA) is 59.0 Å². The average Bonchev–Trinajstić information content (AvgIpc) is 2.95. The Morgan fingerprint density at radius 1 is 1.50 bits per heavy atom. The molecule has 1 saturated heterocycles. The number of thioether (sulfide) groups is 1. The minimum absolute atomic E-state index is 0. The molecule has 1 aliphatic rings. The van der Waals surface area contributed by atoms with Gasteiger partial charge in [0.15, 0.2) is 5.16 Å². The van der Waals surface area contributed by atoms with E-state index in [9.17, 15) is 4.79 Å². The summed E-state index contributed by atoms with van der Waals surface area (Å²) in [5, 5.41) is 7.34. The fraction of sp³-hybridized carbons (Fsp3) is 0.375. The molecule has 0 radical (unpaired) electrons. The van der Waals surface area contributed by atoms with E-state index in [-0.39, 0.29) is 24.4 Å². The van der Waals surface area contributed by atoms with Crippen molar-refractivity contribution in [2.75, 3.05) is 23.4 Å². The highest BCUT2D eigenvalue weighted by Gasteiger charge is 2.17.